The molecular formula is C48H39B7N2. The fourth-order valence-corrected chi connectivity index (χ4v) is 9.68. The molecule has 0 unspecified atom stereocenters. The first-order chi connectivity index (χ1) is 27.7. The second-order valence-corrected chi connectivity index (χ2v) is 15.9. The molecule has 0 aliphatic carbocycles. The molecule has 57 heavy (non-hydrogen) atoms. The summed E-state index contributed by atoms with van der Waals surface area (Å²) in [6.45, 7) is 0. The van der Waals surface area contributed by atoms with E-state index in [4.69, 9.17) is 0 Å². The Morgan fingerprint density at radius 2 is 0.719 bits per heavy atom. The zero-order valence-corrected chi connectivity index (χ0v) is 33.8. The van der Waals surface area contributed by atoms with Crippen LogP contribution in [0.2, 0.25) is 0 Å². The predicted octanol–water partition coefficient (Wildman–Crippen LogP) is 0.691. The molecule has 0 aliphatic rings. The molecule has 9 heteroatoms. The van der Waals surface area contributed by atoms with Gasteiger partial charge in [-0.25, -0.2) is 0 Å². The number of hydrogen-bond acceptors (Lipinski definition) is 0. The van der Waals surface area contributed by atoms with Crippen molar-refractivity contribution in [2.75, 3.05) is 0 Å². The molecule has 0 N–H and O–H groups in total. The van der Waals surface area contributed by atoms with E-state index in [-0.39, 0.29) is 0 Å². The lowest BCUT2D eigenvalue weighted by atomic mass is 9.64. The summed E-state index contributed by atoms with van der Waals surface area (Å²) in [7, 11) is 16.2. The highest BCUT2D eigenvalue weighted by atomic mass is 15.0. The lowest BCUT2D eigenvalue weighted by Gasteiger charge is -2.19. The Morgan fingerprint density at radius 1 is 0.298 bits per heavy atom. The van der Waals surface area contributed by atoms with Crippen molar-refractivity contribution < 1.29 is 0 Å². The van der Waals surface area contributed by atoms with Crippen molar-refractivity contribution in [2.45, 2.75) is 0 Å². The van der Waals surface area contributed by atoms with E-state index in [2.05, 4.69) is 216 Å². The van der Waals surface area contributed by atoms with Crippen molar-refractivity contribution >= 4 is 137 Å². The molecule has 8 aromatic carbocycles. The summed E-state index contributed by atoms with van der Waals surface area (Å²) in [5.41, 5.74) is 24.4. The van der Waals surface area contributed by atoms with Gasteiger partial charge in [0.15, 0.2) is 0 Å². The third kappa shape index (κ3) is 5.36. The third-order valence-electron chi connectivity index (χ3n) is 13.0. The minimum absolute atomic E-state index is 1.16. The van der Waals surface area contributed by atoms with Crippen molar-refractivity contribution in [1.82, 2.24) is 9.13 Å². The van der Waals surface area contributed by atoms with E-state index >= 15 is 0 Å². The van der Waals surface area contributed by atoms with Crippen LogP contribution in [0.5, 0.6) is 0 Å². The summed E-state index contributed by atoms with van der Waals surface area (Å²) in [6, 6.07) is 55.5. The van der Waals surface area contributed by atoms with Crippen molar-refractivity contribution in [3.63, 3.8) is 0 Å². The number of rotatable bonds is 5. The average molecular weight is 720 g/mol. The number of benzene rings is 8. The van der Waals surface area contributed by atoms with Gasteiger partial charge in [-0.1, -0.05) is 136 Å². The summed E-state index contributed by atoms with van der Waals surface area (Å²) in [6.07, 6.45) is 0. The fourth-order valence-electron chi connectivity index (χ4n) is 9.68. The van der Waals surface area contributed by atoms with Crippen LogP contribution in [-0.4, -0.2) is 64.1 Å². The molecule has 0 amide bonds. The summed E-state index contributed by atoms with van der Waals surface area (Å²) in [5, 5.41) is 5.25. The second kappa shape index (κ2) is 13.5. The number of nitrogens with zero attached hydrogens (tertiary/aromatic N) is 2. The zero-order chi connectivity index (χ0) is 39.1. The lowest BCUT2D eigenvalue weighted by Crippen LogP contribution is -2.48. The molecule has 0 spiro atoms. The maximum atomic E-state index is 2.55. The van der Waals surface area contributed by atoms with Crippen molar-refractivity contribution in [2.24, 2.45) is 0 Å². The SMILES string of the molecule is Bc1c(B)c(B)c2c(c1B)c1c(B)c(-c3ccc4c(c3)c3cc(-c5ccccc5)ccc3n4-c3ccc(-c4ccccc4)cc3)c(B)c(B)c1n2-c1ccccc1. The highest BCUT2D eigenvalue weighted by Crippen LogP contribution is 2.38. The van der Waals surface area contributed by atoms with Gasteiger partial charge in [0.05, 0.1) is 11.0 Å². The predicted molar refractivity (Wildman–Crippen MR) is 269 cm³/mol. The minimum Gasteiger partial charge on any atom is -0.310 e. The van der Waals surface area contributed by atoms with E-state index in [1.54, 1.807) is 0 Å². The first kappa shape index (κ1) is 35.2. The number of hydrogen-bond donors (Lipinski definition) is 0. The first-order valence-corrected chi connectivity index (χ1v) is 20.1. The molecule has 0 bridgehead atoms. The van der Waals surface area contributed by atoms with Gasteiger partial charge in [-0.05, 0) is 87.3 Å². The molecule has 10 rings (SSSR count). The summed E-state index contributed by atoms with van der Waals surface area (Å²) in [4.78, 5) is 0. The van der Waals surface area contributed by atoms with Crippen molar-refractivity contribution in [3.8, 4) is 44.8 Å². The van der Waals surface area contributed by atoms with E-state index in [0.717, 1.165) is 5.69 Å². The highest BCUT2D eigenvalue weighted by molar-refractivity contribution is 6.69. The molecule has 0 aliphatic heterocycles. The number of aromatic nitrogens is 2. The van der Waals surface area contributed by atoms with Gasteiger partial charge in [-0.2, -0.15) is 0 Å². The summed E-state index contributed by atoms with van der Waals surface area (Å²) in [5.74, 6) is 0. The van der Waals surface area contributed by atoms with Crippen LogP contribution in [0.15, 0.2) is 152 Å². The first-order valence-electron chi connectivity index (χ1n) is 20.1. The van der Waals surface area contributed by atoms with E-state index in [1.165, 1.54) is 121 Å². The molecule has 2 heterocycles. The van der Waals surface area contributed by atoms with Gasteiger partial charge in [-0.3, -0.25) is 0 Å². The highest BCUT2D eigenvalue weighted by Gasteiger charge is 2.25. The fraction of sp³-hybridized carbons (Fsp3) is 0. The van der Waals surface area contributed by atoms with Gasteiger partial charge in [0, 0.05) is 38.6 Å². The Bertz CT molecular complexity index is 3230. The molecule has 10 aromatic rings. The minimum atomic E-state index is 1.16. The molecule has 0 saturated heterocycles. The van der Waals surface area contributed by atoms with Gasteiger partial charge in [0.2, 0.25) is 0 Å². The van der Waals surface area contributed by atoms with Crippen LogP contribution in [0.4, 0.5) is 0 Å². The van der Waals surface area contributed by atoms with Crippen LogP contribution >= 0.6 is 0 Å². The molecule has 0 radical (unpaired) electrons. The maximum Gasteiger partial charge on any atom is 0.141 e. The van der Waals surface area contributed by atoms with E-state index in [1.807, 2.05) is 0 Å². The molecule has 0 fully saturated rings. The Kier molecular flexibility index (Phi) is 8.34. The monoisotopic (exact) mass is 720 g/mol. The average Bonchev–Trinajstić information content (AvgIpc) is 3.79. The Hall–Kier alpha value is -6.19. The molecule has 0 saturated carbocycles. The Labute approximate surface area is 340 Å². The third-order valence-corrected chi connectivity index (χ3v) is 13.0. The standard InChI is InChI=1S/C48H39B7N2/c49-40-37(41(50)45(54)47-38(40)39-42(51)43(52)44(53)46(55)48(39)57(47)31-14-8-3-9-15-31)30-19-23-36-34(25-30)33-24-29(27-12-6-2-7-13-27)18-22-35(33)56(36)32-20-16-28(17-21-32)26-10-4-1-5-11-26/h1-25H,49-55H2. The van der Waals surface area contributed by atoms with Gasteiger partial charge in [0.1, 0.15) is 54.9 Å². The number of fused-ring (bicyclic) bond motifs is 6. The van der Waals surface area contributed by atoms with Gasteiger partial charge >= 0.3 is 0 Å². The van der Waals surface area contributed by atoms with Gasteiger partial charge in [-0.15, -0.1) is 5.46 Å². The van der Waals surface area contributed by atoms with Crippen LogP contribution in [0.3, 0.4) is 0 Å². The normalized spacial score (nSPS) is 11.6. The van der Waals surface area contributed by atoms with Crippen LogP contribution in [0.1, 0.15) is 0 Å². The van der Waals surface area contributed by atoms with E-state index in [0.29, 0.717) is 0 Å². The maximum absolute atomic E-state index is 2.55. The van der Waals surface area contributed by atoms with Crippen molar-refractivity contribution in [3.05, 3.63) is 152 Å². The Balaban J connectivity index is 1.26. The summed E-state index contributed by atoms with van der Waals surface area (Å²) < 4.78 is 4.99. The van der Waals surface area contributed by atoms with Crippen LogP contribution in [-0.2, 0) is 0 Å². The topological polar surface area (TPSA) is 9.86 Å². The smallest absolute Gasteiger partial charge is 0.141 e. The lowest BCUT2D eigenvalue weighted by molar-refractivity contribution is 1.18. The Morgan fingerprint density at radius 3 is 1.32 bits per heavy atom. The summed E-state index contributed by atoms with van der Waals surface area (Å²) >= 11 is 0. The largest absolute Gasteiger partial charge is 0.310 e. The molecule has 262 valence electrons. The molecular weight excluding hydrogens is 680 g/mol. The van der Waals surface area contributed by atoms with E-state index < -0.39 is 0 Å². The molecule has 2 aromatic heterocycles. The van der Waals surface area contributed by atoms with Crippen LogP contribution < -0.4 is 38.2 Å². The quantitative estimate of drug-likeness (QED) is 0.232. The van der Waals surface area contributed by atoms with Crippen LogP contribution in [0.25, 0.3) is 88.4 Å². The van der Waals surface area contributed by atoms with Gasteiger partial charge in [0.25, 0.3) is 0 Å². The van der Waals surface area contributed by atoms with Crippen LogP contribution in [0, 0.1) is 0 Å². The van der Waals surface area contributed by atoms with Gasteiger partial charge < -0.3 is 9.13 Å². The van der Waals surface area contributed by atoms with E-state index in [9.17, 15) is 0 Å². The molecule has 0 atom stereocenters. The second-order valence-electron chi connectivity index (χ2n) is 15.9. The molecule has 2 nitrogen and oxygen atoms in total. The number of para-hydroxylation sites is 1. The zero-order valence-electron chi connectivity index (χ0n) is 33.8. The van der Waals surface area contributed by atoms with Crippen molar-refractivity contribution in [1.29, 1.82) is 0 Å².